The Morgan fingerprint density at radius 1 is 1.44 bits per heavy atom. The molecule has 0 unspecified atom stereocenters. The first-order valence-electron chi connectivity index (χ1n) is 6.06. The van der Waals surface area contributed by atoms with Crippen molar-refractivity contribution in [3.05, 3.63) is 27.3 Å². The van der Waals surface area contributed by atoms with Crippen LogP contribution in [0.2, 0.25) is 0 Å². The number of amides is 1. The van der Waals surface area contributed by atoms with E-state index in [4.69, 9.17) is 0 Å². The molecular weight excluding hydrogens is 339 g/mol. The molecule has 18 heavy (non-hydrogen) atoms. The molecule has 0 spiro atoms. The number of carbonyl (C=O) groups excluding carboxylic acids is 1. The standard InChI is InChI=1S/C14H15IN2O/c1-10-4-5-11(15)8-12(10)17-13(18)14(9-16)6-2-3-7-14/h4-5,8H,2-3,6-7H2,1H3,(H,17,18). The SMILES string of the molecule is Cc1ccc(I)cc1NC(=O)C1(C#N)CCCC1. The Bertz CT molecular complexity index is 513. The van der Waals surface area contributed by atoms with Gasteiger partial charge in [-0.3, -0.25) is 4.79 Å². The summed E-state index contributed by atoms with van der Waals surface area (Å²) in [7, 11) is 0. The molecule has 94 valence electrons. The van der Waals surface area contributed by atoms with Crippen LogP contribution in [-0.4, -0.2) is 5.91 Å². The number of nitrogens with one attached hydrogen (secondary N) is 1. The summed E-state index contributed by atoms with van der Waals surface area (Å²) in [5.41, 5.74) is 1.02. The second kappa shape index (κ2) is 5.27. The van der Waals surface area contributed by atoms with E-state index in [0.29, 0.717) is 12.8 Å². The first kappa shape index (κ1) is 13.3. The van der Waals surface area contributed by atoms with Crippen LogP contribution >= 0.6 is 22.6 Å². The van der Waals surface area contributed by atoms with Crippen molar-refractivity contribution in [2.75, 3.05) is 5.32 Å². The molecule has 1 aliphatic carbocycles. The van der Waals surface area contributed by atoms with E-state index in [1.54, 1.807) is 0 Å². The highest BCUT2D eigenvalue weighted by Gasteiger charge is 2.41. The highest BCUT2D eigenvalue weighted by molar-refractivity contribution is 14.1. The Balaban J connectivity index is 2.21. The van der Waals surface area contributed by atoms with Crippen LogP contribution < -0.4 is 5.32 Å². The molecule has 0 heterocycles. The van der Waals surface area contributed by atoms with Gasteiger partial charge in [0.15, 0.2) is 0 Å². The van der Waals surface area contributed by atoms with Gasteiger partial charge < -0.3 is 5.32 Å². The molecule has 1 N–H and O–H groups in total. The molecule has 0 aromatic heterocycles. The molecule has 1 amide bonds. The van der Waals surface area contributed by atoms with E-state index in [-0.39, 0.29) is 5.91 Å². The molecule has 0 atom stereocenters. The van der Waals surface area contributed by atoms with E-state index >= 15 is 0 Å². The van der Waals surface area contributed by atoms with E-state index in [9.17, 15) is 10.1 Å². The van der Waals surface area contributed by atoms with Gasteiger partial charge in [-0.15, -0.1) is 0 Å². The van der Waals surface area contributed by atoms with Crippen LogP contribution in [0.15, 0.2) is 18.2 Å². The maximum absolute atomic E-state index is 12.3. The Morgan fingerprint density at radius 2 is 2.11 bits per heavy atom. The van der Waals surface area contributed by atoms with E-state index in [1.807, 2.05) is 25.1 Å². The minimum atomic E-state index is -0.812. The van der Waals surface area contributed by atoms with Crippen LogP contribution in [-0.2, 0) is 4.79 Å². The quantitative estimate of drug-likeness (QED) is 0.825. The molecule has 2 rings (SSSR count). The van der Waals surface area contributed by atoms with E-state index in [0.717, 1.165) is 27.7 Å². The average Bonchev–Trinajstić information content (AvgIpc) is 2.84. The molecule has 4 heteroatoms. The summed E-state index contributed by atoms with van der Waals surface area (Å²) in [5.74, 6) is -0.146. The molecule has 1 saturated carbocycles. The van der Waals surface area contributed by atoms with Gasteiger partial charge in [-0.2, -0.15) is 5.26 Å². The van der Waals surface area contributed by atoms with Gasteiger partial charge in [0.2, 0.25) is 5.91 Å². The lowest BCUT2D eigenvalue weighted by Gasteiger charge is -2.20. The minimum absolute atomic E-state index is 0.146. The lowest BCUT2D eigenvalue weighted by atomic mass is 9.87. The van der Waals surface area contributed by atoms with Crippen molar-refractivity contribution in [3.63, 3.8) is 0 Å². The lowest BCUT2D eigenvalue weighted by molar-refractivity contribution is -0.122. The molecule has 0 aliphatic heterocycles. The molecular formula is C14H15IN2O. The summed E-state index contributed by atoms with van der Waals surface area (Å²) in [5, 5.41) is 12.2. The van der Waals surface area contributed by atoms with Crippen molar-refractivity contribution in [1.29, 1.82) is 5.26 Å². The third-order valence-electron chi connectivity index (χ3n) is 3.55. The third-order valence-corrected chi connectivity index (χ3v) is 4.22. The molecule has 3 nitrogen and oxygen atoms in total. The van der Waals surface area contributed by atoms with Crippen LogP contribution in [0.5, 0.6) is 0 Å². The monoisotopic (exact) mass is 354 g/mol. The number of rotatable bonds is 2. The largest absolute Gasteiger partial charge is 0.324 e. The van der Waals surface area contributed by atoms with Gasteiger partial charge in [-0.05, 0) is 60.1 Å². The molecule has 1 aromatic rings. The maximum atomic E-state index is 12.3. The number of nitrogens with zero attached hydrogens (tertiary/aromatic N) is 1. The summed E-state index contributed by atoms with van der Waals surface area (Å²) in [6.07, 6.45) is 3.29. The fourth-order valence-corrected chi connectivity index (χ4v) is 2.83. The molecule has 0 saturated heterocycles. The van der Waals surface area contributed by atoms with Crippen molar-refractivity contribution in [1.82, 2.24) is 0 Å². The van der Waals surface area contributed by atoms with Gasteiger partial charge in [0, 0.05) is 9.26 Å². The zero-order valence-corrected chi connectivity index (χ0v) is 12.5. The van der Waals surface area contributed by atoms with Gasteiger partial charge in [-0.1, -0.05) is 18.9 Å². The van der Waals surface area contributed by atoms with E-state index in [1.165, 1.54) is 0 Å². The van der Waals surface area contributed by atoms with Crippen molar-refractivity contribution < 1.29 is 4.79 Å². The van der Waals surface area contributed by atoms with Crippen LogP contribution in [0.4, 0.5) is 5.69 Å². The number of nitriles is 1. The number of carbonyl (C=O) groups is 1. The Labute approximate surface area is 121 Å². The summed E-state index contributed by atoms with van der Waals surface area (Å²) in [6, 6.07) is 8.13. The molecule has 1 aromatic carbocycles. The summed E-state index contributed by atoms with van der Waals surface area (Å²) >= 11 is 2.21. The number of anilines is 1. The van der Waals surface area contributed by atoms with Crippen LogP contribution in [0.1, 0.15) is 31.2 Å². The topological polar surface area (TPSA) is 52.9 Å². The molecule has 0 bridgehead atoms. The zero-order chi connectivity index (χ0) is 13.2. The minimum Gasteiger partial charge on any atom is -0.324 e. The number of halogens is 1. The maximum Gasteiger partial charge on any atom is 0.244 e. The fraction of sp³-hybridized carbons (Fsp3) is 0.429. The van der Waals surface area contributed by atoms with Crippen LogP contribution in [0.25, 0.3) is 0 Å². The first-order chi connectivity index (χ1) is 8.57. The van der Waals surface area contributed by atoms with Gasteiger partial charge in [0.05, 0.1) is 6.07 Å². The van der Waals surface area contributed by atoms with Crippen molar-refractivity contribution >= 4 is 34.2 Å². The summed E-state index contributed by atoms with van der Waals surface area (Å²) in [6.45, 7) is 1.96. The first-order valence-corrected chi connectivity index (χ1v) is 7.14. The van der Waals surface area contributed by atoms with Crippen molar-refractivity contribution in [2.45, 2.75) is 32.6 Å². The van der Waals surface area contributed by atoms with Crippen LogP contribution in [0, 0.1) is 27.2 Å². The Kier molecular flexibility index (Phi) is 3.91. The predicted octanol–water partition coefficient (Wildman–Crippen LogP) is 3.62. The number of hydrogen-bond acceptors (Lipinski definition) is 2. The normalized spacial score (nSPS) is 17.2. The molecule has 1 aliphatic rings. The molecule has 0 radical (unpaired) electrons. The average molecular weight is 354 g/mol. The fourth-order valence-electron chi connectivity index (χ4n) is 2.34. The predicted molar refractivity (Wildman–Crippen MR) is 79.0 cm³/mol. The zero-order valence-electron chi connectivity index (χ0n) is 10.3. The number of benzene rings is 1. The van der Waals surface area contributed by atoms with Crippen LogP contribution in [0.3, 0.4) is 0 Å². The van der Waals surface area contributed by atoms with E-state index in [2.05, 4.69) is 34.0 Å². The van der Waals surface area contributed by atoms with Gasteiger partial charge in [-0.25, -0.2) is 0 Å². The van der Waals surface area contributed by atoms with Gasteiger partial charge in [0.25, 0.3) is 0 Å². The highest BCUT2D eigenvalue weighted by Crippen LogP contribution is 2.38. The van der Waals surface area contributed by atoms with Gasteiger partial charge in [0.1, 0.15) is 5.41 Å². The van der Waals surface area contributed by atoms with E-state index < -0.39 is 5.41 Å². The van der Waals surface area contributed by atoms with Crippen molar-refractivity contribution in [2.24, 2.45) is 5.41 Å². The van der Waals surface area contributed by atoms with Crippen molar-refractivity contribution in [3.8, 4) is 6.07 Å². The molecule has 1 fully saturated rings. The summed E-state index contributed by atoms with van der Waals surface area (Å²) < 4.78 is 1.07. The van der Waals surface area contributed by atoms with Gasteiger partial charge >= 0.3 is 0 Å². The second-order valence-corrected chi connectivity index (χ2v) is 6.06. The Hall–Kier alpha value is -1.09. The Morgan fingerprint density at radius 3 is 2.72 bits per heavy atom. The number of aryl methyl sites for hydroxylation is 1. The second-order valence-electron chi connectivity index (χ2n) is 4.81. The highest BCUT2D eigenvalue weighted by atomic mass is 127. The smallest absolute Gasteiger partial charge is 0.244 e. The number of hydrogen-bond donors (Lipinski definition) is 1. The lowest BCUT2D eigenvalue weighted by Crippen LogP contribution is -2.32. The third kappa shape index (κ3) is 2.51. The summed E-state index contributed by atoms with van der Waals surface area (Å²) in [4.78, 5) is 12.3.